The van der Waals surface area contributed by atoms with E-state index < -0.39 is 0 Å². The first-order valence-corrected chi connectivity index (χ1v) is 10.4. The van der Waals surface area contributed by atoms with Crippen molar-refractivity contribution < 1.29 is 0 Å². The highest BCUT2D eigenvalue weighted by molar-refractivity contribution is 7.80. The van der Waals surface area contributed by atoms with Crippen LogP contribution in [0.5, 0.6) is 0 Å². The zero-order chi connectivity index (χ0) is 18.6. The van der Waals surface area contributed by atoms with E-state index in [1.807, 2.05) is 0 Å². The highest BCUT2D eigenvalue weighted by Gasteiger charge is 2.21. The predicted octanol–water partition coefficient (Wildman–Crippen LogP) is 4.66. The van der Waals surface area contributed by atoms with Crippen molar-refractivity contribution in [1.82, 2.24) is 15.3 Å². The molecule has 1 aliphatic carbocycles. The molecular weight excluding hydrogens is 378 g/mol. The molecule has 4 rings (SSSR count). The van der Waals surface area contributed by atoms with Gasteiger partial charge in [-0.25, -0.2) is 4.98 Å². The number of nitrogens with one attached hydrogen (secondary N) is 2. The van der Waals surface area contributed by atoms with Crippen molar-refractivity contribution in [2.75, 3.05) is 10.2 Å². The molecule has 0 spiro atoms. The van der Waals surface area contributed by atoms with Gasteiger partial charge in [0.25, 0.3) is 0 Å². The van der Waals surface area contributed by atoms with Gasteiger partial charge in [0.15, 0.2) is 5.11 Å². The molecule has 27 heavy (non-hydrogen) atoms. The van der Waals surface area contributed by atoms with Crippen molar-refractivity contribution >= 4 is 40.7 Å². The lowest BCUT2D eigenvalue weighted by Crippen LogP contribution is -2.37. The normalized spacial score (nSPS) is 17.3. The molecule has 0 amide bonds. The van der Waals surface area contributed by atoms with Crippen molar-refractivity contribution in [2.24, 2.45) is 0 Å². The molecular formula is C20H24ClN5S. The third kappa shape index (κ3) is 4.68. The van der Waals surface area contributed by atoms with E-state index in [9.17, 15) is 0 Å². The maximum Gasteiger partial charge on any atom is 0.232 e. The van der Waals surface area contributed by atoms with E-state index in [-0.39, 0.29) is 0 Å². The molecule has 7 heteroatoms. The molecule has 2 N–H and O–H groups in total. The fraction of sp³-hybridized carbons (Fsp3) is 0.450. The molecule has 1 aliphatic heterocycles. The lowest BCUT2D eigenvalue weighted by Gasteiger charge is -2.20. The van der Waals surface area contributed by atoms with Gasteiger partial charge in [-0.05, 0) is 36.2 Å². The smallest absolute Gasteiger partial charge is 0.232 e. The minimum Gasteiger partial charge on any atom is -0.360 e. The van der Waals surface area contributed by atoms with Crippen LogP contribution in [0.4, 0.5) is 11.8 Å². The van der Waals surface area contributed by atoms with Crippen molar-refractivity contribution in [1.29, 1.82) is 0 Å². The van der Waals surface area contributed by atoms with Gasteiger partial charge in [-0.15, -0.1) is 0 Å². The summed E-state index contributed by atoms with van der Waals surface area (Å²) in [6, 6.07) is 10.7. The first kappa shape index (κ1) is 18.4. The predicted molar refractivity (Wildman–Crippen MR) is 114 cm³/mol. The molecule has 142 valence electrons. The quantitative estimate of drug-likeness (QED) is 0.443. The Kier molecular flexibility index (Phi) is 5.74. The average Bonchev–Trinajstić information content (AvgIpc) is 2.92. The molecule has 1 fully saturated rings. The fourth-order valence-electron chi connectivity index (χ4n) is 3.87. The number of hydrogen-bond donors (Lipinski definition) is 2. The molecule has 0 bridgehead atoms. The van der Waals surface area contributed by atoms with E-state index >= 15 is 0 Å². The number of fused-ring (bicyclic) bond motifs is 1. The van der Waals surface area contributed by atoms with E-state index in [0.717, 1.165) is 31.7 Å². The van der Waals surface area contributed by atoms with E-state index in [4.69, 9.17) is 23.8 Å². The van der Waals surface area contributed by atoms with Gasteiger partial charge in [-0.3, -0.25) is 0 Å². The third-order valence-electron chi connectivity index (χ3n) is 5.26. The van der Waals surface area contributed by atoms with Crippen LogP contribution in [0.25, 0.3) is 0 Å². The number of anilines is 2. The van der Waals surface area contributed by atoms with Crippen LogP contribution in [-0.4, -0.2) is 21.1 Å². The fourth-order valence-corrected chi connectivity index (χ4v) is 4.30. The van der Waals surface area contributed by atoms with Crippen molar-refractivity contribution in [3.63, 3.8) is 0 Å². The lowest BCUT2D eigenvalue weighted by atomic mass is 10.1. The molecule has 0 unspecified atom stereocenters. The highest BCUT2D eigenvalue weighted by Crippen LogP contribution is 2.28. The summed E-state index contributed by atoms with van der Waals surface area (Å²) in [6.45, 7) is 1.65. The van der Waals surface area contributed by atoms with Crippen LogP contribution in [0.3, 0.4) is 0 Å². The van der Waals surface area contributed by atoms with Gasteiger partial charge in [0.05, 0.1) is 0 Å². The second kappa shape index (κ2) is 8.40. The summed E-state index contributed by atoms with van der Waals surface area (Å²) >= 11 is 11.7. The van der Waals surface area contributed by atoms with Crippen LogP contribution in [0, 0.1) is 0 Å². The van der Waals surface area contributed by atoms with Crippen LogP contribution in [-0.2, 0) is 13.1 Å². The van der Waals surface area contributed by atoms with Gasteiger partial charge in [-0.2, -0.15) is 4.98 Å². The highest BCUT2D eigenvalue weighted by atomic mass is 35.5. The van der Waals surface area contributed by atoms with Crippen molar-refractivity contribution in [3.8, 4) is 0 Å². The Morgan fingerprint density at radius 3 is 2.37 bits per heavy atom. The van der Waals surface area contributed by atoms with Crippen molar-refractivity contribution in [3.05, 3.63) is 46.6 Å². The number of benzene rings is 1. The Bertz CT molecular complexity index is 795. The topological polar surface area (TPSA) is 53.1 Å². The molecule has 1 aromatic heterocycles. The van der Waals surface area contributed by atoms with Crippen molar-refractivity contribution in [2.45, 2.75) is 57.7 Å². The zero-order valence-electron chi connectivity index (χ0n) is 15.2. The Labute approximate surface area is 170 Å². The van der Waals surface area contributed by atoms with Crippen LogP contribution in [0.2, 0.25) is 5.15 Å². The van der Waals surface area contributed by atoms with Gasteiger partial charge < -0.3 is 15.5 Å². The number of halogens is 1. The number of rotatable bonds is 3. The summed E-state index contributed by atoms with van der Waals surface area (Å²) in [6.07, 6.45) is 7.47. The molecule has 1 aromatic carbocycles. The van der Waals surface area contributed by atoms with Crippen LogP contribution < -0.4 is 15.5 Å². The summed E-state index contributed by atoms with van der Waals surface area (Å²) in [5.74, 6) is 1.26. The Hall–Kier alpha value is -1.92. The Morgan fingerprint density at radius 2 is 1.70 bits per heavy atom. The second-order valence-corrected chi connectivity index (χ2v) is 8.08. The maximum absolute atomic E-state index is 6.26. The Morgan fingerprint density at radius 1 is 1.04 bits per heavy atom. The number of thiocarbonyl (C=S) groups is 1. The van der Waals surface area contributed by atoms with Gasteiger partial charge in [-0.1, -0.05) is 61.5 Å². The summed E-state index contributed by atoms with van der Waals surface area (Å²) in [4.78, 5) is 11.1. The number of nitrogens with zero attached hydrogens (tertiary/aromatic N) is 3. The summed E-state index contributed by atoms with van der Waals surface area (Å²) in [5, 5.41) is 7.52. The van der Waals surface area contributed by atoms with E-state index in [2.05, 4.69) is 49.8 Å². The van der Waals surface area contributed by atoms with E-state index in [1.165, 1.54) is 36.8 Å². The molecule has 0 atom stereocenters. The Balaban J connectivity index is 1.42. The van der Waals surface area contributed by atoms with Crippen LogP contribution >= 0.6 is 23.8 Å². The molecule has 2 aromatic rings. The minimum absolute atomic E-state index is 0.413. The first-order chi connectivity index (χ1) is 13.2. The van der Waals surface area contributed by atoms with E-state index in [0.29, 0.717) is 22.3 Å². The molecule has 2 aliphatic rings. The zero-order valence-corrected chi connectivity index (χ0v) is 16.8. The number of hydrogen-bond acceptors (Lipinski definition) is 4. The summed E-state index contributed by atoms with van der Waals surface area (Å²) in [5.41, 5.74) is 2.65. The summed E-state index contributed by atoms with van der Waals surface area (Å²) in [7, 11) is 0. The van der Waals surface area contributed by atoms with Gasteiger partial charge >= 0.3 is 0 Å². The lowest BCUT2D eigenvalue weighted by molar-refractivity contribution is 0.535. The standard InChI is InChI=1S/C20H24ClN5S/c21-17-11-18(26-12-14-7-5-6-8-15(14)13-26)24-19(23-17)25-20(27)22-16-9-3-1-2-4-10-16/h5-8,11,16H,1-4,9-10,12-13H2,(H2,22,23,24,25,27). The average molecular weight is 402 g/mol. The van der Waals surface area contributed by atoms with Gasteiger partial charge in [0.1, 0.15) is 11.0 Å². The van der Waals surface area contributed by atoms with Gasteiger partial charge in [0.2, 0.25) is 5.95 Å². The van der Waals surface area contributed by atoms with Gasteiger partial charge in [0, 0.05) is 25.2 Å². The van der Waals surface area contributed by atoms with Crippen LogP contribution in [0.15, 0.2) is 30.3 Å². The SMILES string of the molecule is S=C(Nc1nc(Cl)cc(N2Cc3ccccc3C2)n1)NC1CCCCCC1. The second-order valence-electron chi connectivity index (χ2n) is 7.28. The molecule has 2 heterocycles. The molecule has 1 saturated carbocycles. The molecule has 0 saturated heterocycles. The summed E-state index contributed by atoms with van der Waals surface area (Å²) < 4.78 is 0. The monoisotopic (exact) mass is 401 g/mol. The largest absolute Gasteiger partial charge is 0.360 e. The third-order valence-corrected chi connectivity index (χ3v) is 5.68. The maximum atomic E-state index is 6.26. The molecule has 0 radical (unpaired) electrons. The number of aromatic nitrogens is 2. The van der Waals surface area contributed by atoms with E-state index in [1.54, 1.807) is 6.07 Å². The molecule has 5 nitrogen and oxygen atoms in total. The minimum atomic E-state index is 0.413. The first-order valence-electron chi connectivity index (χ1n) is 9.61. The van der Waals surface area contributed by atoms with Crippen LogP contribution in [0.1, 0.15) is 49.7 Å².